The molecule has 2 aromatic carbocycles. The third-order valence-corrected chi connectivity index (χ3v) is 3.67. The van der Waals surface area contributed by atoms with Gasteiger partial charge in [-0.3, -0.25) is 0 Å². The summed E-state index contributed by atoms with van der Waals surface area (Å²) in [5.41, 5.74) is 7.04. The van der Waals surface area contributed by atoms with E-state index in [9.17, 15) is 8.78 Å². The van der Waals surface area contributed by atoms with Gasteiger partial charge in [-0.1, -0.05) is 23.7 Å². The summed E-state index contributed by atoms with van der Waals surface area (Å²) in [7, 11) is 0. The molecule has 0 bridgehead atoms. The van der Waals surface area contributed by atoms with Crippen LogP contribution in [0.25, 0.3) is 0 Å². The Morgan fingerprint density at radius 1 is 1.15 bits per heavy atom. The van der Waals surface area contributed by atoms with E-state index in [4.69, 9.17) is 22.1 Å². The third kappa shape index (κ3) is 2.25. The predicted octanol–water partition coefficient (Wildman–Crippen LogP) is 4.14. The highest BCUT2D eigenvalue weighted by Crippen LogP contribution is 2.41. The van der Waals surface area contributed by atoms with Gasteiger partial charge in [0.25, 0.3) is 0 Å². The second-order valence-corrected chi connectivity index (χ2v) is 5.21. The summed E-state index contributed by atoms with van der Waals surface area (Å²) < 4.78 is 32.9. The van der Waals surface area contributed by atoms with E-state index in [1.54, 1.807) is 18.2 Å². The lowest BCUT2D eigenvalue weighted by Gasteiger charge is -2.30. The van der Waals surface area contributed by atoms with Gasteiger partial charge < -0.3 is 10.5 Å². The molecule has 1 aliphatic heterocycles. The lowest BCUT2D eigenvalue weighted by molar-refractivity contribution is 0.156. The fraction of sp³-hybridized carbons (Fsp3) is 0.200. The van der Waals surface area contributed by atoms with Crippen LogP contribution in [-0.2, 0) is 0 Å². The molecular weight excluding hydrogens is 284 g/mol. The number of ether oxygens (including phenoxy) is 1. The highest BCUT2D eigenvalue weighted by molar-refractivity contribution is 6.30. The van der Waals surface area contributed by atoms with Gasteiger partial charge in [0.05, 0.1) is 0 Å². The highest BCUT2D eigenvalue weighted by atomic mass is 35.5. The Kier molecular flexibility index (Phi) is 3.36. The van der Waals surface area contributed by atoms with Crippen molar-refractivity contribution in [2.75, 3.05) is 0 Å². The van der Waals surface area contributed by atoms with Crippen LogP contribution in [0.2, 0.25) is 5.02 Å². The first-order valence-corrected chi connectivity index (χ1v) is 6.59. The minimum Gasteiger partial charge on any atom is -0.485 e. The molecule has 1 heterocycles. The summed E-state index contributed by atoms with van der Waals surface area (Å²) in [6, 6.07) is 8.83. The van der Waals surface area contributed by atoms with Crippen molar-refractivity contribution < 1.29 is 13.5 Å². The lowest BCUT2D eigenvalue weighted by Crippen LogP contribution is -2.25. The van der Waals surface area contributed by atoms with Crippen LogP contribution in [0.15, 0.2) is 36.4 Å². The number of halogens is 3. The van der Waals surface area contributed by atoms with Crippen molar-refractivity contribution >= 4 is 11.6 Å². The zero-order valence-electron chi connectivity index (χ0n) is 10.4. The number of hydrogen-bond acceptors (Lipinski definition) is 2. The van der Waals surface area contributed by atoms with Gasteiger partial charge in [0.1, 0.15) is 11.9 Å². The highest BCUT2D eigenvalue weighted by Gasteiger charge is 2.29. The average molecular weight is 296 g/mol. The average Bonchev–Trinajstić information content (AvgIpc) is 2.42. The van der Waals surface area contributed by atoms with Crippen LogP contribution in [0, 0.1) is 11.6 Å². The summed E-state index contributed by atoms with van der Waals surface area (Å²) in [6.07, 6.45) is -0.234. The van der Waals surface area contributed by atoms with Crippen LogP contribution in [-0.4, -0.2) is 0 Å². The zero-order chi connectivity index (χ0) is 14.3. The Balaban J connectivity index is 1.99. The summed E-state index contributed by atoms with van der Waals surface area (Å²) in [5.74, 6) is -1.22. The van der Waals surface area contributed by atoms with E-state index >= 15 is 0 Å². The van der Waals surface area contributed by atoms with Gasteiger partial charge in [-0.15, -0.1) is 0 Å². The molecule has 2 atom stereocenters. The van der Waals surface area contributed by atoms with E-state index in [0.717, 1.165) is 11.6 Å². The van der Waals surface area contributed by atoms with Crippen LogP contribution in [0.3, 0.4) is 0 Å². The molecule has 0 radical (unpaired) electrons. The molecular formula is C15H12ClF2NO. The van der Waals surface area contributed by atoms with E-state index in [1.165, 1.54) is 12.1 Å². The number of hydrogen-bond donors (Lipinski definition) is 1. The molecule has 0 spiro atoms. The first kappa shape index (κ1) is 13.3. The van der Waals surface area contributed by atoms with Crippen LogP contribution < -0.4 is 10.5 Å². The number of nitrogens with two attached hydrogens (primary N) is 1. The Bertz CT molecular complexity index is 662. The number of rotatable bonds is 1. The number of fused-ring (bicyclic) bond motifs is 1. The Morgan fingerprint density at radius 3 is 2.75 bits per heavy atom. The second-order valence-electron chi connectivity index (χ2n) is 4.77. The largest absolute Gasteiger partial charge is 0.485 e. The molecule has 104 valence electrons. The van der Waals surface area contributed by atoms with Gasteiger partial charge in [-0.2, -0.15) is 0 Å². The fourth-order valence-electron chi connectivity index (χ4n) is 2.43. The monoisotopic (exact) mass is 295 g/mol. The normalized spacial score (nSPS) is 21.2. The van der Waals surface area contributed by atoms with Crippen molar-refractivity contribution in [3.05, 3.63) is 64.2 Å². The molecule has 2 aromatic rings. The third-order valence-electron chi connectivity index (χ3n) is 3.44. The molecule has 0 saturated heterocycles. The maximum absolute atomic E-state index is 13.8. The van der Waals surface area contributed by atoms with Gasteiger partial charge in [-0.05, 0) is 24.3 Å². The van der Waals surface area contributed by atoms with Crippen molar-refractivity contribution in [1.82, 2.24) is 0 Å². The summed E-state index contributed by atoms with van der Waals surface area (Å²) in [5, 5.41) is 0.568. The molecule has 0 aromatic heterocycles. The zero-order valence-corrected chi connectivity index (χ0v) is 11.2. The topological polar surface area (TPSA) is 35.2 Å². The maximum atomic E-state index is 13.8. The van der Waals surface area contributed by atoms with Gasteiger partial charge in [0.15, 0.2) is 11.6 Å². The molecule has 1 unspecified atom stereocenters. The minimum absolute atomic E-state index is 0.182. The van der Waals surface area contributed by atoms with E-state index in [2.05, 4.69) is 0 Å². The second kappa shape index (κ2) is 5.04. The van der Waals surface area contributed by atoms with E-state index in [1.807, 2.05) is 0 Å². The fourth-order valence-corrected chi connectivity index (χ4v) is 2.62. The minimum atomic E-state index is -0.887. The van der Waals surface area contributed by atoms with Crippen molar-refractivity contribution in [2.24, 2.45) is 5.73 Å². The molecule has 0 saturated carbocycles. The van der Waals surface area contributed by atoms with Crippen molar-refractivity contribution in [3.8, 4) is 5.75 Å². The van der Waals surface area contributed by atoms with E-state index < -0.39 is 17.7 Å². The van der Waals surface area contributed by atoms with Gasteiger partial charge in [0, 0.05) is 28.6 Å². The van der Waals surface area contributed by atoms with E-state index in [-0.39, 0.29) is 11.6 Å². The predicted molar refractivity (Wildman–Crippen MR) is 72.7 cm³/mol. The van der Waals surface area contributed by atoms with Crippen LogP contribution in [0.1, 0.15) is 29.7 Å². The Labute approximate surface area is 120 Å². The Hall–Kier alpha value is -1.65. The molecule has 2 nitrogen and oxygen atoms in total. The molecule has 1 aliphatic rings. The van der Waals surface area contributed by atoms with Crippen molar-refractivity contribution in [3.63, 3.8) is 0 Å². The molecule has 0 aliphatic carbocycles. The molecule has 5 heteroatoms. The van der Waals surface area contributed by atoms with Crippen molar-refractivity contribution in [2.45, 2.75) is 18.6 Å². The summed E-state index contributed by atoms with van der Waals surface area (Å²) >= 11 is 5.92. The standard InChI is InChI=1S/C15H12ClF2NO/c16-8-4-5-13-10(6-8)12(19)7-14(20-13)9-2-1-3-11(17)15(9)18/h1-6,12,14H,7,19H2/t12-,14?/m1/s1. The smallest absolute Gasteiger partial charge is 0.165 e. The lowest BCUT2D eigenvalue weighted by atomic mass is 9.93. The van der Waals surface area contributed by atoms with Crippen LogP contribution in [0.5, 0.6) is 5.75 Å². The molecule has 0 fully saturated rings. The maximum Gasteiger partial charge on any atom is 0.165 e. The molecule has 3 rings (SSSR count). The molecule has 2 N–H and O–H groups in total. The van der Waals surface area contributed by atoms with Crippen molar-refractivity contribution in [1.29, 1.82) is 0 Å². The molecule has 0 amide bonds. The molecule has 20 heavy (non-hydrogen) atoms. The van der Waals surface area contributed by atoms with Crippen LogP contribution in [0.4, 0.5) is 8.78 Å². The summed E-state index contributed by atoms with van der Waals surface area (Å²) in [6.45, 7) is 0. The van der Waals surface area contributed by atoms with Gasteiger partial charge >= 0.3 is 0 Å². The first-order chi connectivity index (χ1) is 9.56. The van der Waals surface area contributed by atoms with E-state index in [0.29, 0.717) is 17.2 Å². The Morgan fingerprint density at radius 2 is 1.95 bits per heavy atom. The SMILES string of the molecule is N[C@@H]1CC(c2cccc(F)c2F)Oc2ccc(Cl)cc21. The van der Waals surface area contributed by atoms with Gasteiger partial charge in [0.2, 0.25) is 0 Å². The quantitative estimate of drug-likeness (QED) is 0.858. The number of benzene rings is 2. The van der Waals surface area contributed by atoms with Crippen LogP contribution >= 0.6 is 11.6 Å². The first-order valence-electron chi connectivity index (χ1n) is 6.22. The summed E-state index contributed by atoms with van der Waals surface area (Å²) in [4.78, 5) is 0. The van der Waals surface area contributed by atoms with Gasteiger partial charge in [-0.25, -0.2) is 8.78 Å².